The summed E-state index contributed by atoms with van der Waals surface area (Å²) in [5.74, 6) is -0.415. The summed E-state index contributed by atoms with van der Waals surface area (Å²) < 4.78 is 0.685. The molecule has 0 atom stereocenters. The van der Waals surface area contributed by atoms with Crippen LogP contribution in [0.5, 0.6) is 0 Å². The molecule has 134 valence electrons. The molecule has 26 heavy (non-hydrogen) atoms. The van der Waals surface area contributed by atoms with E-state index in [2.05, 4.69) is 15.6 Å². The average molecular weight is 406 g/mol. The number of amides is 2. The van der Waals surface area contributed by atoms with Crippen molar-refractivity contribution in [3.05, 3.63) is 57.4 Å². The van der Waals surface area contributed by atoms with Crippen LogP contribution in [0.4, 0.5) is 5.69 Å². The fourth-order valence-corrected chi connectivity index (χ4v) is 4.08. The van der Waals surface area contributed by atoms with Gasteiger partial charge in [-0.15, -0.1) is 22.7 Å². The second-order valence-electron chi connectivity index (χ2n) is 5.43. The van der Waals surface area contributed by atoms with E-state index in [9.17, 15) is 9.59 Å². The smallest absolute Gasteiger partial charge is 0.275 e. The molecule has 0 bridgehead atoms. The normalized spacial score (nSPS) is 10.5. The standard InChI is InChI=1S/C18H16ClN3O2S2/c1-2-9-20-16(23)11-3-5-12(6-4-11)21-17(24)13-10-25-18(22-13)14-7-8-15(19)26-14/h3-8,10H,2,9H2,1H3,(H,20,23)(H,21,24). The van der Waals surface area contributed by atoms with E-state index in [1.54, 1.807) is 35.7 Å². The first-order chi connectivity index (χ1) is 12.6. The number of hydrogen-bond acceptors (Lipinski definition) is 5. The molecule has 2 N–H and O–H groups in total. The number of aromatic nitrogens is 1. The Morgan fingerprint density at radius 1 is 1.12 bits per heavy atom. The van der Waals surface area contributed by atoms with Gasteiger partial charge < -0.3 is 10.6 Å². The van der Waals surface area contributed by atoms with E-state index >= 15 is 0 Å². The lowest BCUT2D eigenvalue weighted by molar-refractivity contribution is 0.0953. The summed E-state index contributed by atoms with van der Waals surface area (Å²) in [6.07, 6.45) is 0.882. The number of carbonyl (C=O) groups is 2. The molecule has 3 rings (SSSR count). The Kier molecular flexibility index (Phi) is 6.03. The minimum atomic E-state index is -0.293. The van der Waals surface area contributed by atoms with Crippen LogP contribution >= 0.6 is 34.3 Å². The lowest BCUT2D eigenvalue weighted by Gasteiger charge is -2.06. The zero-order valence-electron chi connectivity index (χ0n) is 13.9. The Hall–Kier alpha value is -2.22. The van der Waals surface area contributed by atoms with E-state index in [-0.39, 0.29) is 11.8 Å². The Morgan fingerprint density at radius 2 is 1.88 bits per heavy atom. The molecule has 5 nitrogen and oxygen atoms in total. The maximum Gasteiger partial charge on any atom is 0.275 e. The highest BCUT2D eigenvalue weighted by atomic mass is 35.5. The number of thiazole rings is 1. The summed E-state index contributed by atoms with van der Waals surface area (Å²) in [7, 11) is 0. The molecule has 3 aromatic rings. The quantitative estimate of drug-likeness (QED) is 0.611. The van der Waals surface area contributed by atoms with Crippen LogP contribution in [-0.2, 0) is 0 Å². The Morgan fingerprint density at radius 3 is 2.54 bits per heavy atom. The molecule has 0 unspecified atom stereocenters. The van der Waals surface area contributed by atoms with Gasteiger partial charge in [0.15, 0.2) is 0 Å². The summed E-state index contributed by atoms with van der Waals surface area (Å²) in [5.41, 5.74) is 1.51. The molecule has 2 amide bonds. The van der Waals surface area contributed by atoms with E-state index in [4.69, 9.17) is 11.6 Å². The highest BCUT2D eigenvalue weighted by Gasteiger charge is 2.14. The van der Waals surface area contributed by atoms with Crippen molar-refractivity contribution in [3.8, 4) is 9.88 Å². The van der Waals surface area contributed by atoms with Crippen LogP contribution in [0.1, 0.15) is 34.2 Å². The van der Waals surface area contributed by atoms with Gasteiger partial charge in [0.2, 0.25) is 0 Å². The van der Waals surface area contributed by atoms with Crippen LogP contribution in [0.3, 0.4) is 0 Å². The average Bonchev–Trinajstić information content (AvgIpc) is 3.29. The molecular formula is C18H16ClN3O2S2. The van der Waals surface area contributed by atoms with Crippen LogP contribution < -0.4 is 10.6 Å². The van der Waals surface area contributed by atoms with Crippen LogP contribution in [0.25, 0.3) is 9.88 Å². The third-order valence-electron chi connectivity index (χ3n) is 3.46. The first-order valence-electron chi connectivity index (χ1n) is 7.97. The van der Waals surface area contributed by atoms with Gasteiger partial charge in [-0.3, -0.25) is 9.59 Å². The maximum atomic E-state index is 12.4. The van der Waals surface area contributed by atoms with Gasteiger partial charge in [-0.1, -0.05) is 18.5 Å². The van der Waals surface area contributed by atoms with Crippen molar-refractivity contribution in [2.24, 2.45) is 0 Å². The van der Waals surface area contributed by atoms with Gasteiger partial charge in [-0.2, -0.15) is 0 Å². The Labute approximate surface area is 164 Å². The van der Waals surface area contributed by atoms with Gasteiger partial charge in [0.05, 0.1) is 9.21 Å². The molecule has 0 saturated carbocycles. The summed E-state index contributed by atoms with van der Waals surface area (Å²) >= 11 is 8.76. The Bertz CT molecular complexity index is 919. The fraction of sp³-hybridized carbons (Fsp3) is 0.167. The molecule has 1 aromatic carbocycles. The summed E-state index contributed by atoms with van der Waals surface area (Å²) in [6, 6.07) is 10.5. The van der Waals surface area contributed by atoms with E-state index in [1.807, 2.05) is 13.0 Å². The largest absolute Gasteiger partial charge is 0.352 e. The van der Waals surface area contributed by atoms with E-state index in [0.717, 1.165) is 16.3 Å². The van der Waals surface area contributed by atoms with Crippen molar-refractivity contribution in [3.63, 3.8) is 0 Å². The summed E-state index contributed by atoms with van der Waals surface area (Å²) in [6.45, 7) is 2.63. The van der Waals surface area contributed by atoms with Gasteiger partial charge in [0, 0.05) is 23.2 Å². The lowest BCUT2D eigenvalue weighted by Crippen LogP contribution is -2.23. The third kappa shape index (κ3) is 4.49. The molecule has 8 heteroatoms. The number of nitrogens with one attached hydrogen (secondary N) is 2. The molecule has 0 fully saturated rings. The maximum absolute atomic E-state index is 12.4. The number of anilines is 1. The van der Waals surface area contributed by atoms with Crippen LogP contribution in [-0.4, -0.2) is 23.3 Å². The minimum absolute atomic E-state index is 0.122. The molecule has 0 aliphatic carbocycles. The van der Waals surface area contributed by atoms with E-state index < -0.39 is 0 Å². The fourth-order valence-electron chi connectivity index (χ4n) is 2.16. The van der Waals surface area contributed by atoms with Crippen molar-refractivity contribution in [2.75, 3.05) is 11.9 Å². The molecule has 2 heterocycles. The zero-order valence-corrected chi connectivity index (χ0v) is 16.3. The molecule has 2 aromatic heterocycles. The molecule has 0 aliphatic heterocycles. The minimum Gasteiger partial charge on any atom is -0.352 e. The van der Waals surface area contributed by atoms with Crippen molar-refractivity contribution in [2.45, 2.75) is 13.3 Å². The molecular weight excluding hydrogens is 390 g/mol. The second kappa shape index (κ2) is 8.44. The van der Waals surface area contributed by atoms with Crippen molar-refractivity contribution < 1.29 is 9.59 Å². The van der Waals surface area contributed by atoms with Crippen LogP contribution in [0, 0.1) is 0 Å². The number of halogens is 1. The third-order valence-corrected chi connectivity index (χ3v) is 5.70. The molecule has 0 saturated heterocycles. The Balaban J connectivity index is 1.65. The van der Waals surface area contributed by atoms with Gasteiger partial charge in [0.25, 0.3) is 11.8 Å². The SMILES string of the molecule is CCCNC(=O)c1ccc(NC(=O)c2csc(-c3ccc(Cl)s3)n2)cc1. The van der Waals surface area contributed by atoms with E-state index in [0.29, 0.717) is 27.8 Å². The first-order valence-corrected chi connectivity index (χ1v) is 10.0. The predicted octanol–water partition coefficient (Wildman–Crippen LogP) is 4.92. The monoisotopic (exact) mass is 405 g/mol. The number of carbonyl (C=O) groups excluding carboxylic acids is 2. The van der Waals surface area contributed by atoms with E-state index in [1.165, 1.54) is 22.7 Å². The summed E-state index contributed by atoms with van der Waals surface area (Å²) in [4.78, 5) is 29.5. The zero-order chi connectivity index (χ0) is 18.5. The number of thiophene rings is 1. The van der Waals surface area contributed by atoms with Crippen molar-refractivity contribution in [1.29, 1.82) is 0 Å². The lowest BCUT2D eigenvalue weighted by atomic mass is 10.2. The van der Waals surface area contributed by atoms with Crippen molar-refractivity contribution in [1.82, 2.24) is 10.3 Å². The van der Waals surface area contributed by atoms with Crippen molar-refractivity contribution >= 4 is 51.8 Å². The highest BCUT2D eigenvalue weighted by molar-refractivity contribution is 7.23. The number of rotatable bonds is 6. The first kappa shape index (κ1) is 18.6. The second-order valence-corrected chi connectivity index (χ2v) is 8.00. The van der Waals surface area contributed by atoms with Crippen LogP contribution in [0.15, 0.2) is 41.8 Å². The van der Waals surface area contributed by atoms with Gasteiger partial charge in [-0.25, -0.2) is 4.98 Å². The molecule has 0 spiro atoms. The highest BCUT2D eigenvalue weighted by Crippen LogP contribution is 2.33. The van der Waals surface area contributed by atoms with Crippen LogP contribution in [0.2, 0.25) is 4.34 Å². The summed E-state index contributed by atoms with van der Waals surface area (Å²) in [5, 5.41) is 8.07. The predicted molar refractivity (Wildman–Crippen MR) is 107 cm³/mol. The van der Waals surface area contributed by atoms with Gasteiger partial charge >= 0.3 is 0 Å². The number of benzene rings is 1. The molecule has 0 radical (unpaired) electrons. The van der Waals surface area contributed by atoms with Gasteiger partial charge in [0.1, 0.15) is 10.7 Å². The molecule has 0 aliphatic rings. The number of nitrogens with zero attached hydrogens (tertiary/aromatic N) is 1. The topological polar surface area (TPSA) is 71.1 Å². The van der Waals surface area contributed by atoms with Gasteiger partial charge in [-0.05, 0) is 42.8 Å². The number of hydrogen-bond donors (Lipinski definition) is 2.